The summed E-state index contributed by atoms with van der Waals surface area (Å²) in [6.45, 7) is 6.93. The number of likely N-dealkylation sites (tertiary alicyclic amines) is 1. The molecule has 1 amide bonds. The van der Waals surface area contributed by atoms with Crippen LogP contribution in [0.5, 0.6) is 0 Å². The number of rotatable bonds is 1. The van der Waals surface area contributed by atoms with Crippen LogP contribution in [0.2, 0.25) is 0 Å². The Morgan fingerprint density at radius 1 is 1.21 bits per heavy atom. The number of nitrogens with zero attached hydrogens (tertiary/aromatic N) is 2. The highest BCUT2D eigenvalue weighted by molar-refractivity contribution is 5.86. The largest absolute Gasteiger partial charge is 0.444 e. The van der Waals surface area contributed by atoms with Crippen molar-refractivity contribution in [3.63, 3.8) is 0 Å². The van der Waals surface area contributed by atoms with Gasteiger partial charge < -0.3 is 9.64 Å². The fourth-order valence-corrected chi connectivity index (χ4v) is 3.23. The van der Waals surface area contributed by atoms with Gasteiger partial charge in [-0.25, -0.2) is 9.18 Å². The van der Waals surface area contributed by atoms with E-state index in [1.165, 1.54) is 6.07 Å². The van der Waals surface area contributed by atoms with Crippen molar-refractivity contribution in [3.05, 3.63) is 42.0 Å². The van der Waals surface area contributed by atoms with Crippen molar-refractivity contribution in [2.45, 2.75) is 45.1 Å². The van der Waals surface area contributed by atoms with Gasteiger partial charge in [0.05, 0.1) is 0 Å². The third kappa shape index (κ3) is 3.50. The Kier molecular flexibility index (Phi) is 4.43. The quantitative estimate of drug-likeness (QED) is 0.774. The molecule has 24 heavy (non-hydrogen) atoms. The van der Waals surface area contributed by atoms with Crippen molar-refractivity contribution < 1.29 is 13.9 Å². The summed E-state index contributed by atoms with van der Waals surface area (Å²) in [5.41, 5.74) is 0.659. The van der Waals surface area contributed by atoms with Crippen LogP contribution in [-0.2, 0) is 4.74 Å². The summed E-state index contributed by atoms with van der Waals surface area (Å²) in [5.74, 6) is 0.0715. The Labute approximate surface area is 141 Å². The molecule has 0 aliphatic carbocycles. The lowest BCUT2D eigenvalue weighted by Gasteiger charge is -2.34. The smallest absolute Gasteiger partial charge is 0.410 e. The molecule has 1 saturated heterocycles. The van der Waals surface area contributed by atoms with Gasteiger partial charge in [0.1, 0.15) is 11.4 Å². The monoisotopic (exact) mass is 330 g/mol. The van der Waals surface area contributed by atoms with Gasteiger partial charge in [0, 0.05) is 30.9 Å². The van der Waals surface area contributed by atoms with Gasteiger partial charge in [0.25, 0.3) is 0 Å². The van der Waals surface area contributed by atoms with E-state index in [4.69, 9.17) is 4.74 Å². The van der Waals surface area contributed by atoms with Crippen LogP contribution in [0.3, 0.4) is 0 Å². The van der Waals surface area contributed by atoms with E-state index in [-0.39, 0.29) is 11.9 Å². The van der Waals surface area contributed by atoms with E-state index in [0.717, 1.165) is 23.8 Å². The number of hydrogen-bond donors (Lipinski definition) is 0. The number of aromatic nitrogens is 1. The van der Waals surface area contributed by atoms with Crippen LogP contribution in [0.4, 0.5) is 9.18 Å². The normalized spacial score (nSPS) is 16.4. The first-order chi connectivity index (χ1) is 11.3. The van der Waals surface area contributed by atoms with Gasteiger partial charge in [-0.15, -0.1) is 0 Å². The number of halogens is 1. The van der Waals surface area contributed by atoms with Crippen molar-refractivity contribution >= 4 is 16.9 Å². The SMILES string of the molecule is CC(C)(C)OC(=O)N1CCC(c2ccc(F)c3cnccc23)CC1. The van der Waals surface area contributed by atoms with E-state index < -0.39 is 5.60 Å². The second kappa shape index (κ2) is 6.38. The number of carbonyl (C=O) groups excluding carboxylic acids is 1. The van der Waals surface area contributed by atoms with Crippen LogP contribution in [0.25, 0.3) is 10.8 Å². The number of carbonyl (C=O) groups is 1. The first kappa shape index (κ1) is 16.7. The summed E-state index contributed by atoms with van der Waals surface area (Å²) in [7, 11) is 0. The minimum Gasteiger partial charge on any atom is -0.444 e. The van der Waals surface area contributed by atoms with Crippen molar-refractivity contribution in [1.29, 1.82) is 0 Å². The molecule has 3 rings (SSSR count). The van der Waals surface area contributed by atoms with Gasteiger partial charge in [-0.1, -0.05) is 6.07 Å². The molecule has 1 aromatic heterocycles. The minimum absolute atomic E-state index is 0.243. The molecule has 0 spiro atoms. The Morgan fingerprint density at radius 3 is 2.58 bits per heavy atom. The van der Waals surface area contributed by atoms with Crippen LogP contribution in [0.1, 0.15) is 45.1 Å². The summed E-state index contributed by atoms with van der Waals surface area (Å²) >= 11 is 0. The van der Waals surface area contributed by atoms with Crippen LogP contribution in [-0.4, -0.2) is 34.7 Å². The average molecular weight is 330 g/mol. The molecule has 0 N–H and O–H groups in total. The molecule has 0 bridgehead atoms. The van der Waals surface area contributed by atoms with Crippen molar-refractivity contribution in [2.24, 2.45) is 0 Å². The van der Waals surface area contributed by atoms with Gasteiger partial charge in [0.2, 0.25) is 0 Å². The summed E-state index contributed by atoms with van der Waals surface area (Å²) in [6.07, 6.45) is 4.71. The van der Waals surface area contributed by atoms with E-state index in [9.17, 15) is 9.18 Å². The standard InChI is InChI=1S/C19H23FN2O2/c1-19(2,3)24-18(23)22-10-7-13(8-11-22)14-4-5-17(20)16-12-21-9-6-15(14)16/h4-6,9,12-13H,7-8,10-11H2,1-3H3. The average Bonchev–Trinajstić information content (AvgIpc) is 2.54. The topological polar surface area (TPSA) is 42.4 Å². The molecule has 1 fully saturated rings. The number of amides is 1. The fourth-order valence-electron chi connectivity index (χ4n) is 3.23. The first-order valence-corrected chi connectivity index (χ1v) is 8.35. The molecule has 0 unspecified atom stereocenters. The molecule has 4 nitrogen and oxygen atoms in total. The number of benzene rings is 1. The van der Waals surface area contributed by atoms with Crippen LogP contribution < -0.4 is 0 Å². The van der Waals surface area contributed by atoms with E-state index in [2.05, 4.69) is 4.98 Å². The van der Waals surface area contributed by atoms with Crippen LogP contribution in [0, 0.1) is 5.82 Å². The number of ether oxygens (including phenoxy) is 1. The predicted molar refractivity (Wildman–Crippen MR) is 91.5 cm³/mol. The van der Waals surface area contributed by atoms with Crippen molar-refractivity contribution in [3.8, 4) is 0 Å². The lowest BCUT2D eigenvalue weighted by molar-refractivity contribution is 0.0205. The van der Waals surface area contributed by atoms with Crippen molar-refractivity contribution in [2.75, 3.05) is 13.1 Å². The zero-order valence-electron chi connectivity index (χ0n) is 14.4. The number of hydrogen-bond acceptors (Lipinski definition) is 3. The van der Waals surface area contributed by atoms with E-state index in [1.54, 1.807) is 17.3 Å². The second-order valence-corrected chi connectivity index (χ2v) is 7.30. The molecule has 1 aliphatic rings. The second-order valence-electron chi connectivity index (χ2n) is 7.30. The Hall–Kier alpha value is -2.17. The number of fused-ring (bicyclic) bond motifs is 1. The highest BCUT2D eigenvalue weighted by atomic mass is 19.1. The third-order valence-electron chi connectivity index (χ3n) is 4.39. The first-order valence-electron chi connectivity index (χ1n) is 8.35. The highest BCUT2D eigenvalue weighted by Crippen LogP contribution is 2.34. The molecule has 2 aromatic rings. The zero-order chi connectivity index (χ0) is 17.3. The minimum atomic E-state index is -0.478. The summed E-state index contributed by atoms with van der Waals surface area (Å²) < 4.78 is 19.4. The molecule has 0 saturated carbocycles. The third-order valence-corrected chi connectivity index (χ3v) is 4.39. The molecular weight excluding hydrogens is 307 g/mol. The van der Waals surface area contributed by atoms with Gasteiger partial charge in [-0.2, -0.15) is 0 Å². The Bertz CT molecular complexity index is 747. The fraction of sp³-hybridized carbons (Fsp3) is 0.474. The Morgan fingerprint density at radius 2 is 1.92 bits per heavy atom. The summed E-state index contributed by atoms with van der Waals surface area (Å²) in [5, 5.41) is 1.48. The van der Waals surface area contributed by atoms with Crippen LogP contribution >= 0.6 is 0 Å². The number of piperidine rings is 1. The number of pyridine rings is 1. The maximum atomic E-state index is 13.9. The van der Waals surface area contributed by atoms with Gasteiger partial charge in [-0.05, 0) is 62.6 Å². The maximum absolute atomic E-state index is 13.9. The van der Waals surface area contributed by atoms with Gasteiger partial charge in [0.15, 0.2) is 0 Å². The van der Waals surface area contributed by atoms with Crippen LogP contribution in [0.15, 0.2) is 30.6 Å². The maximum Gasteiger partial charge on any atom is 0.410 e. The highest BCUT2D eigenvalue weighted by Gasteiger charge is 2.28. The molecule has 0 atom stereocenters. The predicted octanol–water partition coefficient (Wildman–Crippen LogP) is 4.49. The van der Waals surface area contributed by atoms with Crippen molar-refractivity contribution in [1.82, 2.24) is 9.88 Å². The molecule has 2 heterocycles. The molecular formula is C19H23FN2O2. The van der Waals surface area contributed by atoms with E-state index in [1.807, 2.05) is 32.9 Å². The molecule has 1 aliphatic heterocycles. The molecule has 0 radical (unpaired) electrons. The molecule has 5 heteroatoms. The lowest BCUT2D eigenvalue weighted by atomic mass is 9.86. The van der Waals surface area contributed by atoms with Gasteiger partial charge in [-0.3, -0.25) is 4.98 Å². The zero-order valence-corrected chi connectivity index (χ0v) is 14.4. The summed E-state index contributed by atoms with van der Waals surface area (Å²) in [6, 6.07) is 5.25. The van der Waals surface area contributed by atoms with Gasteiger partial charge >= 0.3 is 6.09 Å². The lowest BCUT2D eigenvalue weighted by Crippen LogP contribution is -2.41. The Balaban J connectivity index is 1.74. The summed E-state index contributed by atoms with van der Waals surface area (Å²) in [4.78, 5) is 17.9. The molecule has 128 valence electrons. The van der Waals surface area contributed by atoms with E-state index >= 15 is 0 Å². The molecule has 1 aromatic carbocycles. The van der Waals surface area contributed by atoms with E-state index in [0.29, 0.717) is 24.4 Å².